The summed E-state index contributed by atoms with van der Waals surface area (Å²) < 4.78 is 5.33. The first-order chi connectivity index (χ1) is 9.19. The van der Waals surface area contributed by atoms with Crippen molar-refractivity contribution in [2.45, 2.75) is 39.4 Å². The van der Waals surface area contributed by atoms with Crippen molar-refractivity contribution in [3.8, 4) is 0 Å². The lowest BCUT2D eigenvalue weighted by Crippen LogP contribution is -2.53. The number of aliphatic imine (C=N–C) groups is 1. The molecule has 0 saturated carbocycles. The number of piperazine rings is 1. The molecule has 1 saturated heterocycles. The third-order valence-electron chi connectivity index (χ3n) is 2.77. The monoisotopic (exact) mass is 286 g/mol. The van der Waals surface area contributed by atoms with Gasteiger partial charge in [0.15, 0.2) is 5.96 Å². The number of aliphatic hydroxyl groups is 1. The van der Waals surface area contributed by atoms with Gasteiger partial charge in [0, 0.05) is 26.2 Å². The summed E-state index contributed by atoms with van der Waals surface area (Å²) in [7, 11) is 0. The van der Waals surface area contributed by atoms with Crippen LogP contribution in [0.1, 0.15) is 27.7 Å². The molecule has 20 heavy (non-hydrogen) atoms. The van der Waals surface area contributed by atoms with E-state index in [1.807, 2.05) is 25.7 Å². The van der Waals surface area contributed by atoms with Gasteiger partial charge >= 0.3 is 6.09 Å². The number of nitrogens with zero attached hydrogens (tertiary/aromatic N) is 3. The Hall–Kier alpha value is -1.50. The van der Waals surface area contributed by atoms with Crippen molar-refractivity contribution in [1.82, 2.24) is 9.80 Å². The van der Waals surface area contributed by atoms with E-state index in [4.69, 9.17) is 10.5 Å². The average Bonchev–Trinajstić information content (AvgIpc) is 2.34. The molecule has 0 spiro atoms. The first-order valence-corrected chi connectivity index (χ1v) is 6.90. The highest BCUT2D eigenvalue weighted by atomic mass is 16.6. The van der Waals surface area contributed by atoms with Crippen LogP contribution in [0.25, 0.3) is 0 Å². The molecular formula is C13H26N4O3. The zero-order chi connectivity index (χ0) is 15.3. The lowest BCUT2D eigenvalue weighted by molar-refractivity contribution is 0.0186. The third kappa shape index (κ3) is 5.64. The lowest BCUT2D eigenvalue weighted by Gasteiger charge is -2.36. The molecule has 1 atom stereocenters. The zero-order valence-electron chi connectivity index (χ0n) is 12.8. The van der Waals surface area contributed by atoms with E-state index >= 15 is 0 Å². The van der Waals surface area contributed by atoms with Crippen LogP contribution in [0.3, 0.4) is 0 Å². The quantitative estimate of drug-likeness (QED) is 0.560. The summed E-state index contributed by atoms with van der Waals surface area (Å²) in [5, 5.41) is 9.17. The van der Waals surface area contributed by atoms with Crippen LogP contribution in [0, 0.1) is 0 Å². The average molecular weight is 286 g/mol. The number of amides is 1. The summed E-state index contributed by atoms with van der Waals surface area (Å²) in [5.74, 6) is 0.412. The first kappa shape index (κ1) is 16.6. The molecule has 0 bridgehead atoms. The van der Waals surface area contributed by atoms with Crippen LogP contribution in [0.4, 0.5) is 4.79 Å². The molecule has 1 aliphatic rings. The molecule has 0 radical (unpaired) electrons. The van der Waals surface area contributed by atoms with Crippen molar-refractivity contribution in [2.75, 3.05) is 32.7 Å². The van der Waals surface area contributed by atoms with Crippen molar-refractivity contribution < 1.29 is 14.6 Å². The van der Waals surface area contributed by atoms with Gasteiger partial charge in [-0.25, -0.2) is 4.79 Å². The predicted octanol–water partition coefficient (Wildman–Crippen LogP) is 0.235. The van der Waals surface area contributed by atoms with Crippen molar-refractivity contribution in [2.24, 2.45) is 10.7 Å². The second-order valence-corrected chi connectivity index (χ2v) is 6.00. The van der Waals surface area contributed by atoms with E-state index in [2.05, 4.69) is 4.99 Å². The number of carbonyl (C=O) groups is 1. The molecule has 0 aromatic carbocycles. The number of hydrogen-bond acceptors (Lipinski definition) is 4. The van der Waals surface area contributed by atoms with E-state index < -0.39 is 11.7 Å². The maximum atomic E-state index is 11.9. The molecule has 1 rings (SSSR count). The molecule has 1 aliphatic heterocycles. The van der Waals surface area contributed by atoms with Crippen LogP contribution >= 0.6 is 0 Å². The Morgan fingerprint density at radius 3 is 2.25 bits per heavy atom. The van der Waals surface area contributed by atoms with Gasteiger partial charge in [-0.2, -0.15) is 0 Å². The largest absolute Gasteiger partial charge is 0.444 e. The molecule has 0 aliphatic carbocycles. The molecule has 116 valence electrons. The highest BCUT2D eigenvalue weighted by Crippen LogP contribution is 2.11. The van der Waals surface area contributed by atoms with Gasteiger partial charge in [0.1, 0.15) is 5.60 Å². The summed E-state index contributed by atoms with van der Waals surface area (Å²) >= 11 is 0. The van der Waals surface area contributed by atoms with Gasteiger partial charge < -0.3 is 25.4 Å². The van der Waals surface area contributed by atoms with Crippen LogP contribution in [0.2, 0.25) is 0 Å². The van der Waals surface area contributed by atoms with Gasteiger partial charge in [0.25, 0.3) is 0 Å². The second kappa shape index (κ2) is 6.78. The molecule has 0 aromatic heterocycles. The van der Waals surface area contributed by atoms with Gasteiger partial charge in [-0.15, -0.1) is 0 Å². The Kier molecular flexibility index (Phi) is 5.62. The van der Waals surface area contributed by atoms with Crippen LogP contribution in [0.5, 0.6) is 0 Å². The number of aliphatic hydroxyl groups excluding tert-OH is 1. The second-order valence-electron chi connectivity index (χ2n) is 6.00. The maximum Gasteiger partial charge on any atom is 0.410 e. The Labute approximate surface area is 120 Å². The normalized spacial score (nSPS) is 18.9. The van der Waals surface area contributed by atoms with E-state index in [1.54, 1.807) is 11.8 Å². The highest BCUT2D eigenvalue weighted by molar-refractivity contribution is 5.78. The number of carbonyl (C=O) groups excluding carboxylic acids is 1. The van der Waals surface area contributed by atoms with Crippen LogP contribution < -0.4 is 5.73 Å². The molecule has 1 unspecified atom stereocenters. The topological polar surface area (TPSA) is 91.4 Å². The van der Waals surface area contributed by atoms with Crippen molar-refractivity contribution >= 4 is 12.1 Å². The van der Waals surface area contributed by atoms with Gasteiger partial charge in [-0.3, -0.25) is 4.99 Å². The number of hydrogen-bond donors (Lipinski definition) is 2. The molecule has 1 heterocycles. The number of nitrogens with two attached hydrogens (primary N) is 1. The molecule has 7 nitrogen and oxygen atoms in total. The number of rotatable bonds is 2. The fourth-order valence-corrected chi connectivity index (χ4v) is 1.77. The molecule has 0 aromatic rings. The smallest absolute Gasteiger partial charge is 0.410 e. The Balaban J connectivity index is 2.43. The standard InChI is InChI=1S/C13H26N4O3/c1-10(18)9-15-11(14)16-5-7-17(8-6-16)12(19)20-13(2,3)4/h10,18H,5-9H2,1-4H3,(H2,14,15). The summed E-state index contributed by atoms with van der Waals surface area (Å²) in [6.07, 6.45) is -0.798. The minimum absolute atomic E-state index is 0.290. The first-order valence-electron chi connectivity index (χ1n) is 6.90. The molecule has 3 N–H and O–H groups in total. The predicted molar refractivity (Wildman–Crippen MR) is 77.6 cm³/mol. The molecule has 7 heteroatoms. The SMILES string of the molecule is CC(O)CN=C(N)N1CCN(C(=O)OC(C)(C)C)CC1. The van der Waals surface area contributed by atoms with E-state index in [1.165, 1.54) is 0 Å². The van der Waals surface area contributed by atoms with Gasteiger partial charge in [0.2, 0.25) is 0 Å². The summed E-state index contributed by atoms with van der Waals surface area (Å²) in [4.78, 5) is 19.6. The van der Waals surface area contributed by atoms with Gasteiger partial charge in [-0.05, 0) is 27.7 Å². The fraction of sp³-hybridized carbons (Fsp3) is 0.846. The number of guanidine groups is 1. The Bertz CT molecular complexity index is 355. The highest BCUT2D eigenvalue weighted by Gasteiger charge is 2.26. The molecular weight excluding hydrogens is 260 g/mol. The fourth-order valence-electron chi connectivity index (χ4n) is 1.77. The van der Waals surface area contributed by atoms with E-state index in [0.717, 1.165) is 0 Å². The van der Waals surface area contributed by atoms with Crippen molar-refractivity contribution in [1.29, 1.82) is 0 Å². The maximum absolute atomic E-state index is 11.9. The van der Waals surface area contributed by atoms with Crippen LogP contribution in [0.15, 0.2) is 4.99 Å². The van der Waals surface area contributed by atoms with Crippen LogP contribution in [-0.4, -0.2) is 71.4 Å². The molecule has 1 fully saturated rings. The summed E-state index contributed by atoms with van der Waals surface area (Å²) in [6.45, 7) is 9.85. The third-order valence-corrected chi connectivity index (χ3v) is 2.77. The Morgan fingerprint density at radius 2 is 1.80 bits per heavy atom. The van der Waals surface area contributed by atoms with Crippen LogP contribution in [-0.2, 0) is 4.74 Å². The van der Waals surface area contributed by atoms with Crippen molar-refractivity contribution in [3.05, 3.63) is 0 Å². The minimum atomic E-state index is -0.503. The Morgan fingerprint density at radius 1 is 1.30 bits per heavy atom. The number of ether oxygens (including phenoxy) is 1. The van der Waals surface area contributed by atoms with E-state index in [0.29, 0.717) is 32.1 Å². The summed E-state index contributed by atoms with van der Waals surface area (Å²) in [5.41, 5.74) is 5.37. The van der Waals surface area contributed by atoms with Gasteiger partial charge in [-0.1, -0.05) is 0 Å². The van der Waals surface area contributed by atoms with E-state index in [-0.39, 0.29) is 12.6 Å². The zero-order valence-corrected chi connectivity index (χ0v) is 12.8. The van der Waals surface area contributed by atoms with E-state index in [9.17, 15) is 9.90 Å². The summed E-state index contributed by atoms with van der Waals surface area (Å²) in [6, 6.07) is 0. The lowest BCUT2D eigenvalue weighted by atomic mass is 10.2. The molecule has 1 amide bonds. The minimum Gasteiger partial charge on any atom is -0.444 e. The van der Waals surface area contributed by atoms with Gasteiger partial charge in [0.05, 0.1) is 12.6 Å². The van der Waals surface area contributed by atoms with Crippen molar-refractivity contribution in [3.63, 3.8) is 0 Å².